The Balaban J connectivity index is 0. The predicted octanol–water partition coefficient (Wildman–Crippen LogP) is -0.492. The molecule has 0 aromatic carbocycles. The Bertz CT molecular complexity index is 296. The van der Waals surface area contributed by atoms with Crippen molar-refractivity contribution in [2.75, 3.05) is 0 Å². The molecular weight excluding hydrogens is 239 g/mol. The topological polar surface area (TPSA) is 66.4 Å². The van der Waals surface area contributed by atoms with Gasteiger partial charge < -0.3 is 8.74 Å². The molecular formula is C10H17NaO4S. The summed E-state index contributed by atoms with van der Waals surface area (Å²) in [4.78, 5) is 0. The van der Waals surface area contributed by atoms with Crippen LogP contribution < -0.4 is 29.6 Å². The van der Waals surface area contributed by atoms with Gasteiger partial charge in [0.05, 0.1) is 0 Å². The molecule has 0 heterocycles. The zero-order valence-electron chi connectivity index (χ0n) is 9.89. The number of unbranched alkanes of at least 4 members (excludes halogenated alkanes) is 4. The van der Waals surface area contributed by atoms with E-state index in [4.69, 9.17) is 0 Å². The average Bonchev–Trinajstić information content (AvgIpc) is 2.14. The molecule has 0 fully saturated rings. The Morgan fingerprint density at radius 2 is 1.88 bits per heavy atom. The molecule has 0 aromatic rings. The SMILES string of the molecule is CCCCCC/C=C/C=C/OS(=O)(=O)[O-].[Na+]. The molecule has 16 heavy (non-hydrogen) atoms. The fraction of sp³-hybridized carbons (Fsp3) is 0.600. The van der Waals surface area contributed by atoms with E-state index in [1.807, 2.05) is 6.08 Å². The van der Waals surface area contributed by atoms with Crippen molar-refractivity contribution in [3.63, 3.8) is 0 Å². The Morgan fingerprint density at radius 3 is 2.44 bits per heavy atom. The largest absolute Gasteiger partial charge is 1.00 e. The van der Waals surface area contributed by atoms with Crippen molar-refractivity contribution in [1.82, 2.24) is 0 Å². The van der Waals surface area contributed by atoms with Crippen LogP contribution in [0.3, 0.4) is 0 Å². The summed E-state index contributed by atoms with van der Waals surface area (Å²) in [5.74, 6) is 0. The maximum atomic E-state index is 9.99. The van der Waals surface area contributed by atoms with Gasteiger partial charge in [0, 0.05) is 0 Å². The molecule has 0 amide bonds. The first-order chi connectivity index (χ1) is 7.06. The van der Waals surface area contributed by atoms with Gasteiger partial charge in [-0.1, -0.05) is 38.3 Å². The van der Waals surface area contributed by atoms with E-state index in [9.17, 15) is 13.0 Å². The van der Waals surface area contributed by atoms with Crippen LogP contribution in [0.2, 0.25) is 0 Å². The minimum atomic E-state index is -4.60. The molecule has 4 nitrogen and oxygen atoms in total. The number of rotatable bonds is 8. The molecule has 0 rings (SSSR count). The molecule has 0 aliphatic heterocycles. The van der Waals surface area contributed by atoms with E-state index in [0.717, 1.165) is 19.1 Å². The fourth-order valence-corrected chi connectivity index (χ4v) is 1.21. The van der Waals surface area contributed by atoms with E-state index < -0.39 is 10.4 Å². The second-order valence-corrected chi connectivity index (χ2v) is 4.12. The van der Waals surface area contributed by atoms with Crippen LogP contribution in [0.1, 0.15) is 39.0 Å². The minimum absolute atomic E-state index is 0. The molecule has 0 aliphatic carbocycles. The summed E-state index contributed by atoms with van der Waals surface area (Å²) in [6.07, 6.45) is 11.5. The summed E-state index contributed by atoms with van der Waals surface area (Å²) in [6.45, 7) is 2.15. The van der Waals surface area contributed by atoms with E-state index in [2.05, 4.69) is 11.1 Å². The van der Waals surface area contributed by atoms with Gasteiger partial charge in [-0.2, -0.15) is 0 Å². The third-order valence-electron chi connectivity index (χ3n) is 1.72. The summed E-state index contributed by atoms with van der Waals surface area (Å²) >= 11 is 0. The van der Waals surface area contributed by atoms with Gasteiger partial charge in [-0.3, -0.25) is 0 Å². The van der Waals surface area contributed by atoms with Crippen molar-refractivity contribution in [2.24, 2.45) is 0 Å². The third-order valence-corrected chi connectivity index (χ3v) is 2.07. The van der Waals surface area contributed by atoms with Gasteiger partial charge in [0.25, 0.3) is 10.4 Å². The molecule has 0 saturated carbocycles. The van der Waals surface area contributed by atoms with Crippen molar-refractivity contribution < 1.29 is 46.7 Å². The summed E-state index contributed by atoms with van der Waals surface area (Å²) in [6, 6.07) is 0. The van der Waals surface area contributed by atoms with Crippen LogP contribution in [0.25, 0.3) is 0 Å². The molecule has 0 aromatic heterocycles. The van der Waals surface area contributed by atoms with Crippen molar-refractivity contribution in [3.8, 4) is 0 Å². The number of allylic oxidation sites excluding steroid dienone is 3. The molecule has 0 radical (unpaired) electrons. The minimum Gasteiger partial charge on any atom is -0.716 e. The summed E-state index contributed by atoms with van der Waals surface area (Å²) < 4.78 is 33.8. The molecule has 0 spiro atoms. The second kappa shape index (κ2) is 11.7. The van der Waals surface area contributed by atoms with Crippen molar-refractivity contribution in [3.05, 3.63) is 24.5 Å². The normalized spacial score (nSPS) is 11.9. The molecule has 0 N–H and O–H groups in total. The van der Waals surface area contributed by atoms with Crippen LogP contribution in [-0.2, 0) is 14.6 Å². The van der Waals surface area contributed by atoms with Gasteiger partial charge in [-0.15, -0.1) is 0 Å². The van der Waals surface area contributed by atoms with E-state index in [-0.39, 0.29) is 29.6 Å². The van der Waals surface area contributed by atoms with Crippen LogP contribution in [0.15, 0.2) is 24.5 Å². The van der Waals surface area contributed by atoms with Gasteiger partial charge in [-0.05, 0) is 18.9 Å². The molecule has 6 heteroatoms. The zero-order chi connectivity index (χ0) is 11.6. The first kappa shape index (κ1) is 18.6. The van der Waals surface area contributed by atoms with Crippen LogP contribution in [0.5, 0.6) is 0 Å². The first-order valence-electron chi connectivity index (χ1n) is 5.02. The van der Waals surface area contributed by atoms with Gasteiger partial charge in [0.15, 0.2) is 0 Å². The fourth-order valence-electron chi connectivity index (χ4n) is 1.01. The standard InChI is InChI=1S/C10H18O4S.Na/c1-2-3-4-5-6-7-8-9-10-14-15(11,12)13;/h7-10H,2-6H2,1H3,(H,11,12,13);/q;+1/p-1/b8-7+,10-9+;. The monoisotopic (exact) mass is 256 g/mol. The van der Waals surface area contributed by atoms with E-state index >= 15 is 0 Å². The van der Waals surface area contributed by atoms with Crippen molar-refractivity contribution in [1.29, 1.82) is 0 Å². The maximum Gasteiger partial charge on any atom is 1.00 e. The van der Waals surface area contributed by atoms with Crippen molar-refractivity contribution >= 4 is 10.4 Å². The molecule has 0 unspecified atom stereocenters. The molecule has 0 bridgehead atoms. The van der Waals surface area contributed by atoms with Gasteiger partial charge in [0.1, 0.15) is 6.26 Å². The zero-order valence-corrected chi connectivity index (χ0v) is 12.7. The summed E-state index contributed by atoms with van der Waals surface area (Å²) in [7, 11) is -4.60. The third kappa shape index (κ3) is 16.6. The van der Waals surface area contributed by atoms with Crippen LogP contribution in [0.4, 0.5) is 0 Å². The van der Waals surface area contributed by atoms with E-state index in [1.54, 1.807) is 6.08 Å². The van der Waals surface area contributed by atoms with Crippen LogP contribution >= 0.6 is 0 Å². The Morgan fingerprint density at radius 1 is 1.19 bits per heavy atom. The van der Waals surface area contributed by atoms with Crippen LogP contribution in [0, 0.1) is 0 Å². The average molecular weight is 256 g/mol. The first-order valence-corrected chi connectivity index (χ1v) is 6.35. The van der Waals surface area contributed by atoms with E-state index in [1.165, 1.54) is 25.3 Å². The molecule has 0 aliphatic rings. The molecule has 0 saturated heterocycles. The molecule has 88 valence electrons. The second-order valence-electron chi connectivity index (χ2n) is 3.11. The maximum absolute atomic E-state index is 9.99. The Kier molecular flexibility index (Phi) is 13.5. The van der Waals surface area contributed by atoms with Gasteiger partial charge in [0.2, 0.25) is 0 Å². The Hall–Kier alpha value is 0.190. The predicted molar refractivity (Wildman–Crippen MR) is 57.8 cm³/mol. The summed E-state index contributed by atoms with van der Waals surface area (Å²) in [5, 5.41) is 0. The molecule has 0 atom stereocenters. The summed E-state index contributed by atoms with van der Waals surface area (Å²) in [5.41, 5.74) is 0. The number of hydrogen-bond acceptors (Lipinski definition) is 4. The quantitative estimate of drug-likeness (QED) is 0.147. The number of hydrogen-bond donors (Lipinski definition) is 0. The van der Waals surface area contributed by atoms with Crippen molar-refractivity contribution in [2.45, 2.75) is 39.0 Å². The van der Waals surface area contributed by atoms with E-state index in [0.29, 0.717) is 0 Å². The van der Waals surface area contributed by atoms with Crippen LogP contribution in [-0.4, -0.2) is 13.0 Å². The van der Waals surface area contributed by atoms with Gasteiger partial charge >= 0.3 is 29.6 Å². The van der Waals surface area contributed by atoms with Gasteiger partial charge in [-0.25, -0.2) is 8.42 Å². The Labute approximate surface area is 120 Å². The smallest absolute Gasteiger partial charge is 0.716 e.